The molecule has 1 aliphatic heterocycles. The molecular weight excluding hydrogens is 702 g/mol. The summed E-state index contributed by atoms with van der Waals surface area (Å²) in [5.41, 5.74) is 7.96. The number of aromatic amines is 2. The molecule has 0 spiro atoms. The summed E-state index contributed by atoms with van der Waals surface area (Å²) in [7, 11) is 2.27. The highest BCUT2D eigenvalue weighted by molar-refractivity contribution is 7.65. The summed E-state index contributed by atoms with van der Waals surface area (Å²) in [6.45, 7) is 0.860. The minimum atomic E-state index is -0.563. The van der Waals surface area contributed by atoms with Gasteiger partial charge in [-0.1, -0.05) is 36.4 Å². The van der Waals surface area contributed by atoms with Gasteiger partial charge in [-0.25, -0.2) is 19.6 Å². The minimum absolute atomic E-state index is 0.0161. The van der Waals surface area contributed by atoms with Gasteiger partial charge in [-0.15, -0.1) is 0 Å². The van der Waals surface area contributed by atoms with Gasteiger partial charge in [0.1, 0.15) is 23.5 Å². The molecule has 7 rings (SSSR count). The Morgan fingerprint density at radius 1 is 0.712 bits per heavy atom. The van der Waals surface area contributed by atoms with Crippen LogP contribution in [0.15, 0.2) is 73.1 Å². The maximum atomic E-state index is 12.4. The first kappa shape index (κ1) is 34.8. The molecule has 2 atom stereocenters. The molecule has 2 aromatic heterocycles. The van der Waals surface area contributed by atoms with E-state index in [1.54, 1.807) is 12.4 Å². The number of hydrogen-bond donors (Lipinski definition) is 4. The third-order valence-corrected chi connectivity index (χ3v) is 10.7. The molecule has 0 aliphatic carbocycles. The third kappa shape index (κ3) is 7.66. The number of ether oxygens (including phenoxy) is 3. The number of carbonyl (C=O) groups is 4. The second kappa shape index (κ2) is 15.3. The highest BCUT2D eigenvalue weighted by Crippen LogP contribution is 2.43. The van der Waals surface area contributed by atoms with Gasteiger partial charge in [0.15, 0.2) is 11.0 Å². The molecule has 0 bridgehead atoms. The quantitative estimate of drug-likeness (QED) is 0.118. The number of hydrogen-bond acceptors (Lipinski definition) is 9. The number of benzene rings is 4. The fraction of sp³-hybridized carbons (Fsp3) is 0.189. The van der Waals surface area contributed by atoms with Crippen LogP contribution in [-0.2, 0) is 25.7 Å². The van der Waals surface area contributed by atoms with E-state index >= 15 is 0 Å². The van der Waals surface area contributed by atoms with Gasteiger partial charge in [-0.3, -0.25) is 9.59 Å². The molecule has 2 amide bonds. The van der Waals surface area contributed by atoms with E-state index in [9.17, 15) is 19.2 Å². The molecule has 0 radical (unpaired) electrons. The van der Waals surface area contributed by atoms with Crippen LogP contribution in [0.3, 0.4) is 0 Å². The van der Waals surface area contributed by atoms with Crippen LogP contribution >= 0.6 is 17.2 Å². The maximum absolute atomic E-state index is 12.4. The van der Waals surface area contributed by atoms with E-state index in [2.05, 4.69) is 88.6 Å². The van der Waals surface area contributed by atoms with E-state index in [1.165, 1.54) is 14.2 Å². The molecule has 3 heterocycles. The van der Waals surface area contributed by atoms with E-state index in [-0.39, 0.29) is 54.1 Å². The molecule has 4 N–H and O–H groups in total. The number of rotatable bonds is 12. The molecule has 4 aromatic carbocycles. The Bertz CT molecular complexity index is 2270. The molecule has 6 aromatic rings. The summed E-state index contributed by atoms with van der Waals surface area (Å²) in [4.78, 5) is 62.5. The van der Waals surface area contributed by atoms with Gasteiger partial charge < -0.3 is 34.8 Å². The Morgan fingerprint density at radius 3 is 1.90 bits per heavy atom. The number of aromatic nitrogens is 4. The molecule has 15 heteroatoms. The molecule has 2 unspecified atom stereocenters. The fourth-order valence-corrected chi connectivity index (χ4v) is 7.73. The third-order valence-electron chi connectivity index (χ3n) is 8.64. The molecular formula is C37H34N6O7P2. The highest BCUT2D eigenvalue weighted by atomic mass is 31.1. The zero-order valence-corrected chi connectivity index (χ0v) is 30.2. The fourth-order valence-electron chi connectivity index (χ4n) is 6.05. The lowest BCUT2D eigenvalue weighted by Crippen LogP contribution is -2.25. The van der Waals surface area contributed by atoms with Crippen molar-refractivity contribution in [3.8, 4) is 39.4 Å². The first-order valence-electron chi connectivity index (χ1n) is 16.4. The molecule has 0 saturated carbocycles. The maximum Gasteiger partial charge on any atom is 0.406 e. The van der Waals surface area contributed by atoms with Crippen LogP contribution in [0.5, 0.6) is 5.75 Å². The van der Waals surface area contributed by atoms with E-state index < -0.39 is 12.2 Å². The lowest BCUT2D eigenvalue weighted by atomic mass is 9.90. The van der Waals surface area contributed by atoms with Crippen LogP contribution < -0.4 is 26.5 Å². The van der Waals surface area contributed by atoms with Gasteiger partial charge in [0.25, 0.3) is 0 Å². The number of alkyl carbamates (subject to hydrolysis) is 2. The average molecular weight is 737 g/mol. The highest BCUT2D eigenvalue weighted by Gasteiger charge is 2.21. The van der Waals surface area contributed by atoms with Crippen LogP contribution in [0.1, 0.15) is 18.4 Å². The van der Waals surface area contributed by atoms with E-state index in [4.69, 9.17) is 4.74 Å². The number of carbonyl (C=O) groups excluding carboxylic acids is 4. The van der Waals surface area contributed by atoms with Gasteiger partial charge in [-0.2, -0.15) is 0 Å². The molecule has 0 saturated heterocycles. The topological polar surface area (TPSA) is 177 Å². The van der Waals surface area contributed by atoms with Crippen LogP contribution in [0.25, 0.3) is 55.2 Å². The van der Waals surface area contributed by atoms with Crippen molar-refractivity contribution in [1.29, 1.82) is 0 Å². The first-order chi connectivity index (χ1) is 25.3. The van der Waals surface area contributed by atoms with Crippen LogP contribution in [0.4, 0.5) is 9.59 Å². The Labute approximate surface area is 301 Å². The minimum Gasteiger partial charge on any atom is -0.488 e. The predicted octanol–water partition coefficient (Wildman–Crippen LogP) is 5.49. The Balaban J connectivity index is 1.05. The average Bonchev–Trinajstić information content (AvgIpc) is 3.83. The number of fused-ring (bicyclic) bond motifs is 6. The Kier molecular flexibility index (Phi) is 10.2. The summed E-state index contributed by atoms with van der Waals surface area (Å²) in [6.07, 6.45) is 2.74. The van der Waals surface area contributed by atoms with Crippen molar-refractivity contribution >= 4 is 73.1 Å². The van der Waals surface area contributed by atoms with Gasteiger partial charge in [0.2, 0.25) is 0 Å². The first-order valence-corrected chi connectivity index (χ1v) is 18.4. The molecule has 0 fully saturated rings. The second-order valence-electron chi connectivity index (χ2n) is 12.0. The SMILES string of the molecule is COC(=O)NCCC(=O)Pc1ncc(-c2ccc3cc4c(cc3c2)OCc2c-4ccc3cc(-c4cnc(PC(=O)CCNC(=O)OC)[nH]4)ccc23)[nH]1. The van der Waals surface area contributed by atoms with E-state index in [1.807, 2.05) is 12.1 Å². The lowest BCUT2D eigenvalue weighted by molar-refractivity contribution is -0.111. The molecule has 264 valence electrons. The van der Waals surface area contributed by atoms with Crippen molar-refractivity contribution in [3.05, 3.63) is 78.6 Å². The number of methoxy groups -OCH3 is 2. The number of nitrogens with one attached hydrogen (secondary N) is 4. The summed E-state index contributed by atoms with van der Waals surface area (Å²) in [5.74, 6) is 0.813. The number of H-pyrrole nitrogens is 2. The standard InChI is InChI=1S/C37H34N6O7P2/c1-48-36(46)38-11-9-32(44)51-34-40-17-29(42-34)22-4-3-20-15-27-26-8-5-21-13-23(6-7-25(21)28(26)19-50-31(27)16-24(20)14-22)30-18-41-35(43-30)52-33(45)10-12-39-37(47)49-2/h3-8,13-18,51-52H,9-12,19H2,1-2H3,(H,38,46)(H,39,47)(H,40,42)(H,41,43). The number of amides is 2. The van der Waals surface area contributed by atoms with E-state index in [0.717, 1.165) is 66.5 Å². The number of imidazole rings is 2. The summed E-state index contributed by atoms with van der Waals surface area (Å²) in [6, 6.07) is 20.9. The van der Waals surface area contributed by atoms with Crippen LogP contribution in [-0.4, -0.2) is 70.5 Å². The summed E-state index contributed by atoms with van der Waals surface area (Å²) in [5, 5.41) is 9.29. The predicted molar refractivity (Wildman–Crippen MR) is 202 cm³/mol. The van der Waals surface area contributed by atoms with Crippen molar-refractivity contribution in [2.75, 3.05) is 27.3 Å². The van der Waals surface area contributed by atoms with Crippen LogP contribution in [0, 0.1) is 0 Å². The van der Waals surface area contributed by atoms with Gasteiger partial charge in [-0.05, 0) is 51.4 Å². The van der Waals surface area contributed by atoms with E-state index in [0.29, 0.717) is 17.7 Å². The van der Waals surface area contributed by atoms with Crippen molar-refractivity contribution in [1.82, 2.24) is 30.6 Å². The second-order valence-corrected chi connectivity index (χ2v) is 14.5. The monoisotopic (exact) mass is 736 g/mol. The largest absolute Gasteiger partial charge is 0.488 e. The van der Waals surface area contributed by atoms with Gasteiger partial charge in [0, 0.05) is 65.3 Å². The molecule has 13 nitrogen and oxygen atoms in total. The van der Waals surface area contributed by atoms with Gasteiger partial charge >= 0.3 is 12.2 Å². The summed E-state index contributed by atoms with van der Waals surface area (Å²) < 4.78 is 15.4. The number of nitrogens with zero attached hydrogens (tertiary/aromatic N) is 2. The van der Waals surface area contributed by atoms with Crippen molar-refractivity contribution < 1.29 is 33.4 Å². The Morgan fingerprint density at radius 2 is 1.29 bits per heavy atom. The van der Waals surface area contributed by atoms with Gasteiger partial charge in [0.05, 0.1) is 38.0 Å². The molecule has 52 heavy (non-hydrogen) atoms. The van der Waals surface area contributed by atoms with Crippen molar-refractivity contribution in [2.24, 2.45) is 0 Å². The zero-order valence-electron chi connectivity index (χ0n) is 28.2. The zero-order chi connectivity index (χ0) is 36.2. The lowest BCUT2D eigenvalue weighted by Gasteiger charge is -2.23. The normalized spacial score (nSPS) is 12.2. The Hall–Kier alpha value is -5.64. The van der Waals surface area contributed by atoms with Crippen molar-refractivity contribution in [2.45, 2.75) is 19.4 Å². The van der Waals surface area contributed by atoms with Crippen LogP contribution in [0.2, 0.25) is 0 Å². The van der Waals surface area contributed by atoms with Crippen molar-refractivity contribution in [3.63, 3.8) is 0 Å². The summed E-state index contributed by atoms with van der Waals surface area (Å²) >= 11 is 0. The smallest absolute Gasteiger partial charge is 0.406 e. The molecule has 1 aliphatic rings.